The number of aryl methyl sites for hydroxylation is 1. The molecule has 0 spiro atoms. The molecule has 2 heterocycles. The molecule has 2 aromatic rings. The van der Waals surface area contributed by atoms with Gasteiger partial charge in [0, 0.05) is 17.9 Å². The number of esters is 1. The van der Waals surface area contributed by atoms with Gasteiger partial charge in [-0.2, -0.15) is 0 Å². The molecular weight excluding hydrogens is 258 g/mol. The fourth-order valence-electron chi connectivity index (χ4n) is 1.95. The van der Waals surface area contributed by atoms with Gasteiger partial charge in [-0.25, -0.2) is 9.78 Å². The molecule has 1 N–H and O–H groups in total. The zero-order valence-electron chi connectivity index (χ0n) is 11.1. The number of carbonyl (C=O) groups excluding carboxylic acids is 2. The van der Waals surface area contributed by atoms with Gasteiger partial charge in [0.1, 0.15) is 5.65 Å². The van der Waals surface area contributed by atoms with Gasteiger partial charge in [-0.05, 0) is 31.9 Å². The van der Waals surface area contributed by atoms with Crippen molar-refractivity contribution in [3.8, 4) is 0 Å². The Labute approximate surface area is 115 Å². The van der Waals surface area contributed by atoms with Crippen molar-refractivity contribution < 1.29 is 14.3 Å². The van der Waals surface area contributed by atoms with Crippen LogP contribution in [0.1, 0.15) is 29.0 Å². The number of fused-ring (bicyclic) bond motifs is 1. The van der Waals surface area contributed by atoms with E-state index in [2.05, 4.69) is 10.3 Å². The maximum absolute atomic E-state index is 11.9. The summed E-state index contributed by atoms with van der Waals surface area (Å²) >= 11 is 0. The van der Waals surface area contributed by atoms with E-state index in [0.29, 0.717) is 5.65 Å². The third-order valence-corrected chi connectivity index (χ3v) is 3.18. The summed E-state index contributed by atoms with van der Waals surface area (Å²) in [7, 11) is 0. The fraction of sp³-hybridized carbons (Fsp3) is 0.357. The summed E-state index contributed by atoms with van der Waals surface area (Å²) < 4.78 is 6.77. The number of hydrogen-bond donors (Lipinski definition) is 1. The molecule has 1 amide bonds. The fourth-order valence-corrected chi connectivity index (χ4v) is 1.95. The van der Waals surface area contributed by atoms with Crippen molar-refractivity contribution in [1.29, 1.82) is 0 Å². The van der Waals surface area contributed by atoms with Crippen molar-refractivity contribution >= 4 is 17.5 Å². The largest absolute Gasteiger partial charge is 0.451 e. The maximum Gasteiger partial charge on any atom is 0.359 e. The molecule has 1 saturated carbocycles. The van der Waals surface area contributed by atoms with Crippen LogP contribution in [-0.2, 0) is 9.53 Å². The molecule has 0 bridgehead atoms. The van der Waals surface area contributed by atoms with E-state index in [1.54, 1.807) is 10.6 Å². The normalized spacial score (nSPS) is 14.2. The molecule has 2 aromatic heterocycles. The molecule has 0 aromatic carbocycles. The Balaban J connectivity index is 1.65. The molecule has 0 atom stereocenters. The highest BCUT2D eigenvalue weighted by molar-refractivity contribution is 5.90. The van der Waals surface area contributed by atoms with Gasteiger partial charge in [0.25, 0.3) is 5.91 Å². The summed E-state index contributed by atoms with van der Waals surface area (Å²) in [5, 5.41) is 2.75. The number of amides is 1. The number of aromatic nitrogens is 2. The second-order valence-corrected chi connectivity index (χ2v) is 4.94. The Morgan fingerprint density at radius 3 is 2.95 bits per heavy atom. The van der Waals surface area contributed by atoms with Crippen LogP contribution in [0, 0.1) is 6.92 Å². The lowest BCUT2D eigenvalue weighted by Crippen LogP contribution is -2.30. The molecule has 6 nitrogen and oxygen atoms in total. The predicted octanol–water partition coefficient (Wildman–Crippen LogP) is 1.08. The minimum absolute atomic E-state index is 0.207. The number of carbonyl (C=O) groups is 2. The van der Waals surface area contributed by atoms with Gasteiger partial charge >= 0.3 is 5.97 Å². The summed E-state index contributed by atoms with van der Waals surface area (Å²) in [6.07, 6.45) is 3.63. The molecule has 0 unspecified atom stereocenters. The Morgan fingerprint density at radius 1 is 1.45 bits per heavy atom. The Hall–Kier alpha value is -2.37. The van der Waals surface area contributed by atoms with Crippen molar-refractivity contribution in [1.82, 2.24) is 14.7 Å². The molecular formula is C14H15N3O3. The van der Waals surface area contributed by atoms with Crippen LogP contribution in [0.25, 0.3) is 5.65 Å². The van der Waals surface area contributed by atoms with Crippen LogP contribution in [0.15, 0.2) is 24.4 Å². The molecule has 20 heavy (non-hydrogen) atoms. The monoisotopic (exact) mass is 273 g/mol. The average molecular weight is 273 g/mol. The number of hydrogen-bond acceptors (Lipinski definition) is 4. The Bertz CT molecular complexity index is 673. The number of nitrogens with one attached hydrogen (secondary N) is 1. The SMILES string of the molecule is Cc1cccc2nc(C(=O)OCC(=O)NC3CC3)cn12. The summed E-state index contributed by atoms with van der Waals surface area (Å²) in [6, 6.07) is 5.87. The quantitative estimate of drug-likeness (QED) is 0.846. The lowest BCUT2D eigenvalue weighted by Gasteiger charge is -2.03. The molecule has 1 fully saturated rings. The predicted molar refractivity (Wildman–Crippen MR) is 71.4 cm³/mol. The summed E-state index contributed by atoms with van der Waals surface area (Å²) in [5.41, 5.74) is 1.86. The Kier molecular flexibility index (Phi) is 3.14. The van der Waals surface area contributed by atoms with E-state index < -0.39 is 5.97 Å². The third-order valence-electron chi connectivity index (χ3n) is 3.18. The van der Waals surface area contributed by atoms with Crippen LogP contribution in [0.3, 0.4) is 0 Å². The van der Waals surface area contributed by atoms with Crippen LogP contribution < -0.4 is 5.32 Å². The van der Waals surface area contributed by atoms with Gasteiger partial charge in [-0.1, -0.05) is 6.07 Å². The zero-order chi connectivity index (χ0) is 14.1. The van der Waals surface area contributed by atoms with Gasteiger partial charge in [-0.3, -0.25) is 4.79 Å². The van der Waals surface area contributed by atoms with Gasteiger partial charge in [0.2, 0.25) is 0 Å². The van der Waals surface area contributed by atoms with Crippen molar-refractivity contribution in [3.05, 3.63) is 35.8 Å². The van der Waals surface area contributed by atoms with Crippen LogP contribution in [0.2, 0.25) is 0 Å². The van der Waals surface area contributed by atoms with E-state index in [4.69, 9.17) is 4.74 Å². The minimum atomic E-state index is -0.584. The van der Waals surface area contributed by atoms with Crippen molar-refractivity contribution in [2.45, 2.75) is 25.8 Å². The summed E-state index contributed by atoms with van der Waals surface area (Å²) in [6.45, 7) is 1.66. The third kappa shape index (κ3) is 2.64. The second-order valence-electron chi connectivity index (χ2n) is 4.94. The number of pyridine rings is 1. The minimum Gasteiger partial charge on any atom is -0.451 e. The Morgan fingerprint density at radius 2 is 2.25 bits per heavy atom. The molecule has 0 radical (unpaired) electrons. The van der Waals surface area contributed by atoms with E-state index in [9.17, 15) is 9.59 Å². The standard InChI is InChI=1S/C14H15N3O3/c1-9-3-2-4-12-16-11(7-17(9)12)14(19)20-8-13(18)15-10-5-6-10/h2-4,7,10H,5-6,8H2,1H3,(H,15,18). The van der Waals surface area contributed by atoms with Crippen LogP contribution in [0.4, 0.5) is 0 Å². The first-order valence-electron chi connectivity index (χ1n) is 6.55. The molecule has 0 saturated heterocycles. The number of nitrogens with zero attached hydrogens (tertiary/aromatic N) is 2. The average Bonchev–Trinajstić information content (AvgIpc) is 3.11. The van der Waals surface area contributed by atoms with E-state index >= 15 is 0 Å². The molecule has 104 valence electrons. The molecule has 6 heteroatoms. The lowest BCUT2D eigenvalue weighted by atomic mass is 10.4. The summed E-state index contributed by atoms with van der Waals surface area (Å²) in [4.78, 5) is 27.5. The van der Waals surface area contributed by atoms with Crippen LogP contribution >= 0.6 is 0 Å². The first-order chi connectivity index (χ1) is 9.63. The van der Waals surface area contributed by atoms with Gasteiger partial charge in [0.15, 0.2) is 12.3 Å². The maximum atomic E-state index is 11.9. The van der Waals surface area contributed by atoms with Gasteiger partial charge in [0.05, 0.1) is 0 Å². The van der Waals surface area contributed by atoms with Gasteiger partial charge < -0.3 is 14.5 Å². The van der Waals surface area contributed by atoms with Crippen LogP contribution in [-0.4, -0.2) is 33.9 Å². The smallest absolute Gasteiger partial charge is 0.359 e. The zero-order valence-corrected chi connectivity index (χ0v) is 11.1. The van der Waals surface area contributed by atoms with Gasteiger partial charge in [-0.15, -0.1) is 0 Å². The first-order valence-corrected chi connectivity index (χ1v) is 6.55. The highest BCUT2D eigenvalue weighted by Gasteiger charge is 2.24. The van der Waals surface area contributed by atoms with Crippen molar-refractivity contribution in [3.63, 3.8) is 0 Å². The number of ether oxygens (including phenoxy) is 1. The van der Waals surface area contributed by atoms with E-state index in [-0.39, 0.29) is 24.2 Å². The lowest BCUT2D eigenvalue weighted by molar-refractivity contribution is -0.124. The molecule has 3 rings (SSSR count). The van der Waals surface area contributed by atoms with E-state index in [1.165, 1.54) is 0 Å². The van der Waals surface area contributed by atoms with Crippen LogP contribution in [0.5, 0.6) is 0 Å². The summed E-state index contributed by atoms with van der Waals surface area (Å²) in [5.74, 6) is -0.847. The van der Waals surface area contributed by atoms with E-state index in [1.807, 2.05) is 25.1 Å². The topological polar surface area (TPSA) is 72.7 Å². The highest BCUT2D eigenvalue weighted by Crippen LogP contribution is 2.18. The number of rotatable bonds is 4. The van der Waals surface area contributed by atoms with Crippen molar-refractivity contribution in [2.24, 2.45) is 0 Å². The highest BCUT2D eigenvalue weighted by atomic mass is 16.5. The molecule has 1 aliphatic rings. The molecule has 1 aliphatic carbocycles. The first kappa shape index (κ1) is 12.7. The molecule has 0 aliphatic heterocycles. The number of imidazole rings is 1. The van der Waals surface area contributed by atoms with Crippen molar-refractivity contribution in [2.75, 3.05) is 6.61 Å². The van der Waals surface area contributed by atoms with E-state index in [0.717, 1.165) is 18.5 Å². The second kappa shape index (κ2) is 4.96.